The van der Waals surface area contributed by atoms with Gasteiger partial charge in [-0.3, -0.25) is 0 Å². The molecule has 0 unspecified atom stereocenters. The van der Waals surface area contributed by atoms with Gasteiger partial charge in [0, 0.05) is 6.07 Å². The average molecular weight is 249 g/mol. The third-order valence-corrected chi connectivity index (χ3v) is 2.18. The topological polar surface area (TPSA) is 66.8 Å². The molecule has 0 heterocycles. The summed E-state index contributed by atoms with van der Waals surface area (Å²) in [5, 5.41) is 17.9. The van der Waals surface area contributed by atoms with Gasteiger partial charge in [0.2, 0.25) is 0 Å². The van der Waals surface area contributed by atoms with Gasteiger partial charge in [-0.2, -0.15) is 0 Å². The van der Waals surface area contributed by atoms with Crippen molar-refractivity contribution < 1.29 is 24.1 Å². The Labute approximate surface area is 96.2 Å². The summed E-state index contributed by atoms with van der Waals surface area (Å²) in [6.45, 7) is 0.602. The first-order valence-electron chi connectivity index (χ1n) is 4.36. The molecule has 2 N–H and O–H groups in total. The predicted molar refractivity (Wildman–Crippen MR) is 55.2 cm³/mol. The van der Waals surface area contributed by atoms with Crippen molar-refractivity contribution in [2.75, 3.05) is 6.61 Å². The molecule has 1 aromatic carbocycles. The van der Waals surface area contributed by atoms with Gasteiger partial charge < -0.3 is 14.9 Å². The van der Waals surface area contributed by atoms with E-state index < -0.39 is 24.0 Å². The van der Waals surface area contributed by atoms with E-state index in [0.29, 0.717) is 0 Å². The van der Waals surface area contributed by atoms with E-state index in [9.17, 15) is 14.3 Å². The van der Waals surface area contributed by atoms with Crippen LogP contribution in [-0.2, 0) is 4.79 Å². The lowest BCUT2D eigenvalue weighted by molar-refractivity contribution is -0.159. The summed E-state index contributed by atoms with van der Waals surface area (Å²) in [4.78, 5) is 10.5. The van der Waals surface area contributed by atoms with Crippen LogP contribution in [0, 0.1) is 5.82 Å². The Balaban J connectivity index is 2.68. The first-order valence-corrected chi connectivity index (χ1v) is 4.74. The third-order valence-electron chi connectivity index (χ3n) is 1.87. The Morgan fingerprint density at radius 3 is 2.75 bits per heavy atom. The van der Waals surface area contributed by atoms with Gasteiger partial charge in [0.15, 0.2) is 5.60 Å². The average Bonchev–Trinajstić information content (AvgIpc) is 2.20. The van der Waals surface area contributed by atoms with Crippen LogP contribution in [0.1, 0.15) is 6.92 Å². The highest BCUT2D eigenvalue weighted by Crippen LogP contribution is 2.21. The van der Waals surface area contributed by atoms with E-state index in [0.717, 1.165) is 13.0 Å². The Morgan fingerprint density at radius 1 is 1.62 bits per heavy atom. The summed E-state index contributed by atoms with van der Waals surface area (Å²) in [5.74, 6) is -1.99. The Morgan fingerprint density at radius 2 is 2.25 bits per heavy atom. The van der Waals surface area contributed by atoms with Gasteiger partial charge >= 0.3 is 5.97 Å². The molecule has 0 aliphatic rings. The van der Waals surface area contributed by atoms with E-state index in [4.69, 9.17) is 21.4 Å². The second-order valence-electron chi connectivity index (χ2n) is 3.44. The molecule has 0 saturated heterocycles. The van der Waals surface area contributed by atoms with Crippen molar-refractivity contribution in [2.24, 2.45) is 0 Å². The summed E-state index contributed by atoms with van der Waals surface area (Å²) in [5.41, 5.74) is -2.02. The van der Waals surface area contributed by atoms with E-state index in [1.165, 1.54) is 12.1 Å². The van der Waals surface area contributed by atoms with Crippen molar-refractivity contribution in [3.63, 3.8) is 0 Å². The Bertz CT molecular complexity index is 406. The summed E-state index contributed by atoms with van der Waals surface area (Å²) in [6, 6.07) is 3.67. The van der Waals surface area contributed by atoms with Crippen molar-refractivity contribution in [3.8, 4) is 5.75 Å². The fourth-order valence-electron chi connectivity index (χ4n) is 0.852. The summed E-state index contributed by atoms with van der Waals surface area (Å²) < 4.78 is 17.9. The van der Waals surface area contributed by atoms with Gasteiger partial charge in [-0.1, -0.05) is 11.6 Å². The lowest BCUT2D eigenvalue weighted by Crippen LogP contribution is -2.41. The number of aliphatic hydroxyl groups is 1. The molecule has 0 aliphatic carbocycles. The van der Waals surface area contributed by atoms with Crippen molar-refractivity contribution in [1.82, 2.24) is 0 Å². The van der Waals surface area contributed by atoms with Crippen LogP contribution in [0.15, 0.2) is 18.2 Å². The van der Waals surface area contributed by atoms with Gasteiger partial charge in [0.25, 0.3) is 0 Å². The molecule has 1 rings (SSSR count). The molecule has 6 heteroatoms. The number of carbonyl (C=O) groups is 1. The molecule has 0 fully saturated rings. The van der Waals surface area contributed by atoms with E-state index in [-0.39, 0.29) is 10.8 Å². The monoisotopic (exact) mass is 248 g/mol. The summed E-state index contributed by atoms with van der Waals surface area (Å²) in [7, 11) is 0. The van der Waals surface area contributed by atoms with Crippen LogP contribution in [0.5, 0.6) is 5.75 Å². The molecular weight excluding hydrogens is 239 g/mol. The molecule has 0 saturated carbocycles. The second-order valence-corrected chi connectivity index (χ2v) is 3.85. The minimum Gasteiger partial charge on any atom is -0.490 e. The molecule has 88 valence electrons. The van der Waals surface area contributed by atoms with Crippen LogP contribution in [-0.4, -0.2) is 28.4 Å². The van der Waals surface area contributed by atoms with E-state index in [2.05, 4.69) is 0 Å². The fraction of sp³-hybridized carbons (Fsp3) is 0.300. The first kappa shape index (κ1) is 12.7. The smallest absolute Gasteiger partial charge is 0.339 e. The maximum atomic E-state index is 13.0. The fourth-order valence-corrected chi connectivity index (χ4v) is 0.970. The number of hydrogen-bond donors (Lipinski definition) is 2. The first-order chi connectivity index (χ1) is 7.33. The zero-order chi connectivity index (χ0) is 12.3. The van der Waals surface area contributed by atoms with E-state index in [1.807, 2.05) is 0 Å². The van der Waals surface area contributed by atoms with Crippen molar-refractivity contribution >= 4 is 17.6 Å². The largest absolute Gasteiger partial charge is 0.490 e. The molecule has 16 heavy (non-hydrogen) atoms. The lowest BCUT2D eigenvalue weighted by atomic mass is 10.1. The van der Waals surface area contributed by atoms with Gasteiger partial charge in [-0.25, -0.2) is 9.18 Å². The highest BCUT2D eigenvalue weighted by Gasteiger charge is 2.30. The quantitative estimate of drug-likeness (QED) is 0.851. The van der Waals surface area contributed by atoms with Crippen molar-refractivity contribution in [3.05, 3.63) is 29.0 Å². The van der Waals surface area contributed by atoms with Crippen molar-refractivity contribution in [1.29, 1.82) is 0 Å². The molecule has 1 atom stereocenters. The SMILES string of the molecule is C[C@](O)(COc1ccc(Cl)c(F)c1)C(=O)O. The molecule has 0 spiro atoms. The standard InChI is InChI=1S/C10H10ClFO4/c1-10(15,9(13)14)5-16-6-2-3-7(11)8(12)4-6/h2-4,15H,5H2,1H3,(H,13,14)/t10-/m0/s1. The second kappa shape index (κ2) is 4.67. The number of ether oxygens (including phenoxy) is 1. The highest BCUT2D eigenvalue weighted by atomic mass is 35.5. The molecule has 0 aromatic heterocycles. The zero-order valence-corrected chi connectivity index (χ0v) is 9.16. The zero-order valence-electron chi connectivity index (χ0n) is 8.41. The summed E-state index contributed by atoms with van der Waals surface area (Å²) >= 11 is 5.45. The number of rotatable bonds is 4. The van der Waals surface area contributed by atoms with Gasteiger partial charge in [0.1, 0.15) is 18.2 Å². The van der Waals surface area contributed by atoms with Gasteiger partial charge in [0.05, 0.1) is 5.02 Å². The van der Waals surface area contributed by atoms with Crippen LogP contribution in [0.25, 0.3) is 0 Å². The minimum absolute atomic E-state index is 0.0580. The Kier molecular flexibility index (Phi) is 3.72. The molecule has 0 aliphatic heterocycles. The van der Waals surface area contributed by atoms with E-state index >= 15 is 0 Å². The molecule has 0 bridgehead atoms. The molecule has 0 radical (unpaired) electrons. The molecular formula is C10H10ClFO4. The Hall–Kier alpha value is -1.33. The molecule has 0 amide bonds. The van der Waals surface area contributed by atoms with Crippen molar-refractivity contribution in [2.45, 2.75) is 12.5 Å². The minimum atomic E-state index is -2.02. The van der Waals surface area contributed by atoms with Crippen LogP contribution in [0.4, 0.5) is 4.39 Å². The maximum absolute atomic E-state index is 13.0. The number of carboxylic acids is 1. The van der Waals surface area contributed by atoms with E-state index in [1.54, 1.807) is 0 Å². The molecule has 4 nitrogen and oxygen atoms in total. The van der Waals surface area contributed by atoms with Gasteiger partial charge in [-0.15, -0.1) is 0 Å². The number of aliphatic carboxylic acids is 1. The molecule has 1 aromatic rings. The van der Waals surface area contributed by atoms with Crippen LogP contribution in [0.2, 0.25) is 5.02 Å². The summed E-state index contributed by atoms with van der Waals surface area (Å²) in [6.07, 6.45) is 0. The normalized spacial score (nSPS) is 14.2. The number of carboxylic acid groups (broad SMARTS) is 1. The van der Waals surface area contributed by atoms with Crippen LogP contribution >= 0.6 is 11.6 Å². The van der Waals surface area contributed by atoms with Gasteiger partial charge in [-0.05, 0) is 19.1 Å². The maximum Gasteiger partial charge on any atom is 0.339 e. The number of benzene rings is 1. The predicted octanol–water partition coefficient (Wildman–Crippen LogP) is 1.69. The third kappa shape index (κ3) is 3.08. The number of halogens is 2. The highest BCUT2D eigenvalue weighted by molar-refractivity contribution is 6.30. The van der Waals surface area contributed by atoms with Crippen LogP contribution in [0.3, 0.4) is 0 Å². The lowest BCUT2D eigenvalue weighted by Gasteiger charge is -2.18. The van der Waals surface area contributed by atoms with Crippen LogP contribution < -0.4 is 4.74 Å². The number of hydrogen-bond acceptors (Lipinski definition) is 3.